The van der Waals surface area contributed by atoms with Gasteiger partial charge in [-0.25, -0.2) is 0 Å². The van der Waals surface area contributed by atoms with Crippen molar-refractivity contribution in [2.75, 3.05) is 13.7 Å². The molecule has 6 heteroatoms. The molecule has 2 aliphatic heterocycles. The summed E-state index contributed by atoms with van der Waals surface area (Å²) in [5.41, 5.74) is 0.894. The van der Waals surface area contributed by atoms with Crippen LogP contribution >= 0.6 is 23.2 Å². The fourth-order valence-corrected chi connectivity index (χ4v) is 3.02. The molecular weight excluding hydrogens is 303 g/mol. The van der Waals surface area contributed by atoms with Gasteiger partial charge in [-0.15, -0.1) is 0 Å². The molecule has 4 atom stereocenters. The molecule has 0 radical (unpaired) electrons. The van der Waals surface area contributed by atoms with Crippen LogP contribution in [0, 0.1) is 0 Å². The van der Waals surface area contributed by atoms with Crippen molar-refractivity contribution >= 4 is 23.2 Å². The second-order valence-electron chi connectivity index (χ2n) is 4.97. The van der Waals surface area contributed by atoms with Gasteiger partial charge in [-0.3, -0.25) is 0 Å². The summed E-state index contributed by atoms with van der Waals surface area (Å²) in [6.45, 7) is 0.954. The number of halogens is 2. The predicted molar refractivity (Wildman–Crippen MR) is 75.1 cm³/mol. The largest absolute Gasteiger partial charge is 0.379 e. The van der Waals surface area contributed by atoms with Crippen molar-refractivity contribution in [1.29, 1.82) is 0 Å². The third-order valence-electron chi connectivity index (χ3n) is 3.69. The lowest BCUT2D eigenvalue weighted by Crippen LogP contribution is -2.44. The van der Waals surface area contributed by atoms with E-state index in [9.17, 15) is 0 Å². The van der Waals surface area contributed by atoms with Gasteiger partial charge in [0.25, 0.3) is 0 Å². The minimum Gasteiger partial charge on any atom is -0.379 e. The minimum absolute atomic E-state index is 0.0134. The molecule has 0 aliphatic carbocycles. The van der Waals surface area contributed by atoms with E-state index >= 15 is 0 Å². The predicted octanol–water partition coefficient (Wildman–Crippen LogP) is 3.04. The van der Waals surface area contributed by atoms with E-state index in [-0.39, 0.29) is 24.6 Å². The van der Waals surface area contributed by atoms with Crippen LogP contribution in [0.3, 0.4) is 0 Å². The molecule has 0 N–H and O–H groups in total. The Morgan fingerprint density at radius 1 is 1.30 bits per heavy atom. The van der Waals surface area contributed by atoms with Gasteiger partial charge in [0.2, 0.25) is 0 Å². The standard InChI is InChI=1S/C14H16Cl2O4/c1-17-11-5-12(14-19-7-13(11)20-14)18-6-8-2-3-9(15)4-10(8)16/h2-4,11-14H,5-7H2,1H3/t11-,12+,13+,14+/m0/s1. The van der Waals surface area contributed by atoms with Crippen LogP contribution < -0.4 is 0 Å². The van der Waals surface area contributed by atoms with Crippen molar-refractivity contribution < 1.29 is 18.9 Å². The molecule has 0 amide bonds. The fourth-order valence-electron chi connectivity index (χ4n) is 2.55. The van der Waals surface area contributed by atoms with Crippen LogP contribution in [0.25, 0.3) is 0 Å². The zero-order valence-electron chi connectivity index (χ0n) is 11.1. The van der Waals surface area contributed by atoms with E-state index in [0.29, 0.717) is 23.3 Å². The first kappa shape index (κ1) is 14.6. The summed E-state index contributed by atoms with van der Waals surface area (Å²) < 4.78 is 22.6. The van der Waals surface area contributed by atoms with Gasteiger partial charge in [-0.2, -0.15) is 0 Å². The van der Waals surface area contributed by atoms with Crippen LogP contribution in [-0.2, 0) is 25.6 Å². The number of fused-ring (bicyclic) bond motifs is 2. The Morgan fingerprint density at radius 3 is 2.90 bits per heavy atom. The molecule has 20 heavy (non-hydrogen) atoms. The van der Waals surface area contributed by atoms with E-state index in [1.54, 1.807) is 19.2 Å². The molecule has 1 aromatic rings. The molecule has 0 saturated carbocycles. The van der Waals surface area contributed by atoms with Gasteiger partial charge in [0.15, 0.2) is 6.29 Å². The van der Waals surface area contributed by atoms with E-state index in [4.69, 9.17) is 42.1 Å². The van der Waals surface area contributed by atoms with Crippen molar-refractivity contribution in [2.24, 2.45) is 0 Å². The van der Waals surface area contributed by atoms with Crippen molar-refractivity contribution in [3.8, 4) is 0 Å². The van der Waals surface area contributed by atoms with Gasteiger partial charge in [-0.1, -0.05) is 29.3 Å². The van der Waals surface area contributed by atoms with Gasteiger partial charge < -0.3 is 18.9 Å². The van der Waals surface area contributed by atoms with Crippen LogP contribution in [-0.4, -0.2) is 38.3 Å². The highest BCUT2D eigenvalue weighted by molar-refractivity contribution is 6.35. The van der Waals surface area contributed by atoms with Crippen LogP contribution in [0.15, 0.2) is 18.2 Å². The fraction of sp³-hybridized carbons (Fsp3) is 0.571. The molecule has 4 nitrogen and oxygen atoms in total. The number of hydrogen-bond donors (Lipinski definition) is 0. The lowest BCUT2D eigenvalue weighted by Gasteiger charge is -2.32. The summed E-state index contributed by atoms with van der Waals surface area (Å²) in [5, 5.41) is 1.21. The van der Waals surface area contributed by atoms with E-state index in [1.165, 1.54) is 0 Å². The number of benzene rings is 1. The lowest BCUT2D eigenvalue weighted by molar-refractivity contribution is -0.205. The Kier molecular flexibility index (Phi) is 4.50. The van der Waals surface area contributed by atoms with E-state index in [1.807, 2.05) is 6.07 Å². The number of hydrogen-bond acceptors (Lipinski definition) is 4. The molecule has 0 unspecified atom stereocenters. The molecule has 2 aliphatic rings. The van der Waals surface area contributed by atoms with Crippen molar-refractivity contribution in [3.05, 3.63) is 33.8 Å². The van der Waals surface area contributed by atoms with Crippen LogP contribution in [0.5, 0.6) is 0 Å². The zero-order valence-corrected chi connectivity index (χ0v) is 12.6. The summed E-state index contributed by atoms with van der Waals surface area (Å²) in [6, 6.07) is 5.36. The number of rotatable bonds is 4. The maximum absolute atomic E-state index is 6.13. The average molecular weight is 319 g/mol. The van der Waals surface area contributed by atoms with Crippen LogP contribution in [0.1, 0.15) is 12.0 Å². The summed E-state index contributed by atoms with van der Waals surface area (Å²) in [5.74, 6) is 0. The Labute approximate surface area is 127 Å². The van der Waals surface area contributed by atoms with E-state index in [0.717, 1.165) is 12.0 Å². The second-order valence-corrected chi connectivity index (χ2v) is 5.81. The van der Waals surface area contributed by atoms with Crippen molar-refractivity contribution in [1.82, 2.24) is 0 Å². The van der Waals surface area contributed by atoms with Gasteiger partial charge in [0, 0.05) is 23.6 Å². The monoisotopic (exact) mass is 318 g/mol. The van der Waals surface area contributed by atoms with Gasteiger partial charge in [0.1, 0.15) is 12.2 Å². The summed E-state index contributed by atoms with van der Waals surface area (Å²) >= 11 is 12.0. The summed E-state index contributed by atoms with van der Waals surface area (Å²) in [7, 11) is 1.68. The molecule has 2 bridgehead atoms. The molecule has 0 spiro atoms. The Morgan fingerprint density at radius 2 is 2.15 bits per heavy atom. The maximum atomic E-state index is 6.13. The summed E-state index contributed by atoms with van der Waals surface area (Å²) in [4.78, 5) is 0. The highest BCUT2D eigenvalue weighted by Crippen LogP contribution is 2.32. The van der Waals surface area contributed by atoms with Gasteiger partial charge in [0.05, 0.1) is 19.3 Å². The van der Waals surface area contributed by atoms with Crippen molar-refractivity contribution in [3.63, 3.8) is 0 Å². The van der Waals surface area contributed by atoms with Crippen LogP contribution in [0.4, 0.5) is 0 Å². The first-order chi connectivity index (χ1) is 9.67. The molecule has 2 fully saturated rings. The molecule has 2 saturated heterocycles. The van der Waals surface area contributed by atoms with E-state index in [2.05, 4.69) is 0 Å². The second kappa shape index (κ2) is 6.18. The Hall–Kier alpha value is -0.360. The molecule has 1 aromatic carbocycles. The molecular formula is C14H16Cl2O4. The first-order valence-electron chi connectivity index (χ1n) is 6.53. The molecule has 110 valence electrons. The third-order valence-corrected chi connectivity index (χ3v) is 4.27. The molecule has 3 rings (SSSR count). The maximum Gasteiger partial charge on any atom is 0.184 e. The van der Waals surface area contributed by atoms with Gasteiger partial charge >= 0.3 is 0 Å². The highest BCUT2D eigenvalue weighted by atomic mass is 35.5. The Bertz CT molecular complexity index is 482. The summed E-state index contributed by atoms with van der Waals surface area (Å²) in [6.07, 6.45) is 0.336. The topological polar surface area (TPSA) is 36.9 Å². The molecule has 0 aromatic heterocycles. The highest BCUT2D eigenvalue weighted by Gasteiger charge is 2.44. The lowest BCUT2D eigenvalue weighted by atomic mass is 10.0. The third kappa shape index (κ3) is 2.96. The number of methoxy groups -OCH3 is 1. The van der Waals surface area contributed by atoms with E-state index < -0.39 is 0 Å². The first-order valence-corrected chi connectivity index (χ1v) is 7.28. The molecule has 2 heterocycles. The smallest absolute Gasteiger partial charge is 0.184 e. The van der Waals surface area contributed by atoms with Crippen LogP contribution in [0.2, 0.25) is 10.0 Å². The number of ether oxygens (including phenoxy) is 4. The van der Waals surface area contributed by atoms with Gasteiger partial charge in [-0.05, 0) is 17.7 Å². The quantitative estimate of drug-likeness (QED) is 0.855. The average Bonchev–Trinajstić information content (AvgIpc) is 2.85. The zero-order chi connectivity index (χ0) is 14.1. The normalized spacial score (nSPS) is 32.5. The minimum atomic E-state index is -0.308. The van der Waals surface area contributed by atoms with Crippen molar-refractivity contribution in [2.45, 2.75) is 37.6 Å². The Balaban J connectivity index is 1.63. The SMILES string of the molecule is CO[C@H]1C[C@@H](OCc2ccc(Cl)cc2Cl)[C@@H]2OC[C@H]1O2.